The minimum atomic E-state index is -0.887. The fourth-order valence-corrected chi connectivity index (χ4v) is 3.25. The van der Waals surface area contributed by atoms with Crippen LogP contribution in [0, 0.1) is 11.8 Å². The number of carboxylic acids is 1. The van der Waals surface area contributed by atoms with E-state index in [0.29, 0.717) is 30.4 Å². The Morgan fingerprint density at radius 2 is 2.14 bits per heavy atom. The Morgan fingerprint density at radius 1 is 1.43 bits per heavy atom. The Labute approximate surface area is 126 Å². The number of aliphatic carboxylic acids is 1. The predicted octanol–water partition coefficient (Wildman–Crippen LogP) is 3.78. The summed E-state index contributed by atoms with van der Waals surface area (Å²) in [5.74, 6) is 0.865. The molecule has 4 heteroatoms. The molecule has 2 N–H and O–H groups in total. The summed E-state index contributed by atoms with van der Waals surface area (Å²) in [6.45, 7) is 4.34. The molecule has 4 nitrogen and oxygen atoms in total. The van der Waals surface area contributed by atoms with Crippen LogP contribution in [0.25, 0.3) is 0 Å². The number of para-hydroxylation sites is 2. The second kappa shape index (κ2) is 6.37. The third-order valence-electron chi connectivity index (χ3n) is 4.62. The summed E-state index contributed by atoms with van der Waals surface area (Å²) in [5, 5.41) is 13.1. The highest BCUT2D eigenvalue weighted by atomic mass is 16.5. The largest absolute Gasteiger partial charge is 0.495 e. The van der Waals surface area contributed by atoms with E-state index in [4.69, 9.17) is 4.74 Å². The molecule has 0 bridgehead atoms. The molecular weight excluding hydrogens is 266 g/mol. The number of rotatable bonds is 5. The van der Waals surface area contributed by atoms with Crippen LogP contribution < -0.4 is 10.1 Å². The first-order valence-electron chi connectivity index (χ1n) is 7.63. The van der Waals surface area contributed by atoms with Crippen LogP contribution in [0.5, 0.6) is 5.75 Å². The highest BCUT2D eigenvalue weighted by Crippen LogP contribution is 2.40. The Hall–Kier alpha value is -1.71. The molecule has 0 radical (unpaired) electrons. The van der Waals surface area contributed by atoms with Crippen molar-refractivity contribution in [2.45, 2.75) is 45.1 Å². The molecule has 1 aliphatic carbocycles. The van der Waals surface area contributed by atoms with Crippen LogP contribution in [0.1, 0.15) is 39.5 Å². The molecule has 2 atom stereocenters. The minimum Gasteiger partial charge on any atom is -0.495 e. The highest BCUT2D eigenvalue weighted by molar-refractivity contribution is 5.83. The molecule has 1 aromatic carbocycles. The molecule has 0 amide bonds. The van der Waals surface area contributed by atoms with Crippen LogP contribution in [0.4, 0.5) is 5.69 Å². The van der Waals surface area contributed by atoms with Gasteiger partial charge in [-0.25, -0.2) is 4.79 Å². The smallest absolute Gasteiger partial charge is 0.329 e. The lowest BCUT2D eigenvalue weighted by Crippen LogP contribution is -2.50. The van der Waals surface area contributed by atoms with E-state index in [1.165, 1.54) is 0 Å². The number of benzene rings is 1. The molecule has 116 valence electrons. The van der Waals surface area contributed by atoms with Crippen LogP contribution in [0.2, 0.25) is 0 Å². The molecule has 2 rings (SSSR count). The number of anilines is 1. The second-order valence-electron chi connectivity index (χ2n) is 6.31. The molecule has 1 saturated carbocycles. The van der Waals surface area contributed by atoms with E-state index in [9.17, 15) is 9.90 Å². The van der Waals surface area contributed by atoms with E-state index in [0.717, 1.165) is 18.5 Å². The summed E-state index contributed by atoms with van der Waals surface area (Å²) in [6.07, 6.45) is 3.37. The van der Waals surface area contributed by atoms with Crippen molar-refractivity contribution >= 4 is 11.7 Å². The summed E-state index contributed by atoms with van der Waals surface area (Å²) in [4.78, 5) is 11.9. The molecule has 2 unspecified atom stereocenters. The monoisotopic (exact) mass is 291 g/mol. The van der Waals surface area contributed by atoms with Crippen LogP contribution in [-0.2, 0) is 4.79 Å². The van der Waals surface area contributed by atoms with Gasteiger partial charge in [-0.05, 0) is 43.2 Å². The standard InChI is InChI=1S/C17H25NO3/c1-12(2)13-7-6-10-17(11-13,16(19)20)18-14-8-4-5-9-15(14)21-3/h4-5,8-9,12-13,18H,6-7,10-11H2,1-3H3,(H,19,20). The Morgan fingerprint density at radius 3 is 2.76 bits per heavy atom. The molecule has 21 heavy (non-hydrogen) atoms. The van der Waals surface area contributed by atoms with Gasteiger partial charge in [-0.2, -0.15) is 0 Å². The fraction of sp³-hybridized carbons (Fsp3) is 0.588. The summed E-state index contributed by atoms with van der Waals surface area (Å²) < 4.78 is 5.33. The third-order valence-corrected chi connectivity index (χ3v) is 4.62. The van der Waals surface area contributed by atoms with Gasteiger partial charge in [0.15, 0.2) is 0 Å². The van der Waals surface area contributed by atoms with E-state index in [1.807, 2.05) is 24.3 Å². The second-order valence-corrected chi connectivity index (χ2v) is 6.31. The van der Waals surface area contributed by atoms with Crippen molar-refractivity contribution in [1.82, 2.24) is 0 Å². The molecule has 0 heterocycles. The number of carbonyl (C=O) groups is 1. The summed E-state index contributed by atoms with van der Waals surface area (Å²) in [7, 11) is 1.60. The van der Waals surface area contributed by atoms with Crippen LogP contribution in [0.15, 0.2) is 24.3 Å². The van der Waals surface area contributed by atoms with Gasteiger partial charge in [-0.1, -0.05) is 32.4 Å². The molecule has 1 aliphatic rings. The average Bonchev–Trinajstić information content (AvgIpc) is 2.48. The number of nitrogens with one attached hydrogen (secondary N) is 1. The number of hydrogen-bond acceptors (Lipinski definition) is 3. The molecule has 0 spiro atoms. The van der Waals surface area contributed by atoms with Gasteiger partial charge in [0.05, 0.1) is 12.8 Å². The Bertz CT molecular complexity index is 501. The quantitative estimate of drug-likeness (QED) is 0.867. The lowest BCUT2D eigenvalue weighted by atomic mass is 9.71. The van der Waals surface area contributed by atoms with Gasteiger partial charge in [0, 0.05) is 0 Å². The van der Waals surface area contributed by atoms with Crippen molar-refractivity contribution in [2.75, 3.05) is 12.4 Å². The first-order chi connectivity index (χ1) is 9.98. The van der Waals surface area contributed by atoms with E-state index >= 15 is 0 Å². The summed E-state index contributed by atoms with van der Waals surface area (Å²) in [6, 6.07) is 7.50. The number of carboxylic acid groups (broad SMARTS) is 1. The SMILES string of the molecule is COc1ccccc1NC1(C(=O)O)CCCC(C(C)C)C1. The molecule has 0 aliphatic heterocycles. The molecule has 0 saturated heterocycles. The zero-order valence-electron chi connectivity index (χ0n) is 13.1. The highest BCUT2D eigenvalue weighted by Gasteiger charge is 2.44. The van der Waals surface area contributed by atoms with Gasteiger partial charge in [-0.15, -0.1) is 0 Å². The maximum Gasteiger partial charge on any atom is 0.329 e. The minimum absolute atomic E-state index is 0.442. The predicted molar refractivity (Wildman–Crippen MR) is 83.8 cm³/mol. The fourth-order valence-electron chi connectivity index (χ4n) is 3.25. The number of hydrogen-bond donors (Lipinski definition) is 2. The topological polar surface area (TPSA) is 58.6 Å². The van der Waals surface area contributed by atoms with Crippen LogP contribution >= 0.6 is 0 Å². The zero-order chi connectivity index (χ0) is 15.5. The molecular formula is C17H25NO3. The van der Waals surface area contributed by atoms with Crippen LogP contribution in [-0.4, -0.2) is 23.7 Å². The Kier molecular flexibility index (Phi) is 4.76. The van der Waals surface area contributed by atoms with Gasteiger partial charge in [0.1, 0.15) is 11.3 Å². The number of methoxy groups -OCH3 is 1. The number of ether oxygens (including phenoxy) is 1. The van der Waals surface area contributed by atoms with Crippen molar-refractivity contribution < 1.29 is 14.6 Å². The van der Waals surface area contributed by atoms with E-state index in [2.05, 4.69) is 19.2 Å². The van der Waals surface area contributed by atoms with Gasteiger partial charge >= 0.3 is 5.97 Å². The van der Waals surface area contributed by atoms with E-state index in [-0.39, 0.29) is 0 Å². The van der Waals surface area contributed by atoms with E-state index < -0.39 is 11.5 Å². The van der Waals surface area contributed by atoms with Crippen molar-refractivity contribution in [1.29, 1.82) is 0 Å². The molecule has 1 aromatic rings. The lowest BCUT2D eigenvalue weighted by molar-refractivity contribution is -0.144. The summed E-state index contributed by atoms with van der Waals surface area (Å²) >= 11 is 0. The maximum atomic E-state index is 11.9. The maximum absolute atomic E-state index is 11.9. The first kappa shape index (κ1) is 15.7. The van der Waals surface area contributed by atoms with Gasteiger partial charge in [0.25, 0.3) is 0 Å². The van der Waals surface area contributed by atoms with Gasteiger partial charge < -0.3 is 15.2 Å². The van der Waals surface area contributed by atoms with Crippen molar-refractivity contribution in [3.8, 4) is 5.75 Å². The van der Waals surface area contributed by atoms with Crippen molar-refractivity contribution in [3.05, 3.63) is 24.3 Å². The molecule has 0 aromatic heterocycles. The third kappa shape index (κ3) is 3.31. The summed E-state index contributed by atoms with van der Waals surface area (Å²) in [5.41, 5.74) is -0.131. The van der Waals surface area contributed by atoms with Crippen molar-refractivity contribution in [2.24, 2.45) is 11.8 Å². The van der Waals surface area contributed by atoms with Crippen molar-refractivity contribution in [3.63, 3.8) is 0 Å². The zero-order valence-corrected chi connectivity index (χ0v) is 13.1. The van der Waals surface area contributed by atoms with Gasteiger partial charge in [-0.3, -0.25) is 0 Å². The lowest BCUT2D eigenvalue weighted by Gasteiger charge is -2.40. The normalized spacial score (nSPS) is 25.6. The average molecular weight is 291 g/mol. The van der Waals surface area contributed by atoms with E-state index in [1.54, 1.807) is 7.11 Å². The van der Waals surface area contributed by atoms with Crippen LogP contribution in [0.3, 0.4) is 0 Å². The Balaban J connectivity index is 2.28. The van der Waals surface area contributed by atoms with Gasteiger partial charge in [0.2, 0.25) is 0 Å². The molecule has 1 fully saturated rings. The first-order valence-corrected chi connectivity index (χ1v) is 7.63.